The smallest absolute Gasteiger partial charge is 0.168 e. The van der Waals surface area contributed by atoms with Crippen molar-refractivity contribution in [1.29, 1.82) is 0 Å². The van der Waals surface area contributed by atoms with Gasteiger partial charge in [0.1, 0.15) is 5.75 Å². The molecule has 0 spiro atoms. The lowest BCUT2D eigenvalue weighted by Gasteiger charge is -2.19. The van der Waals surface area contributed by atoms with Gasteiger partial charge in [0.05, 0.1) is 25.9 Å². The van der Waals surface area contributed by atoms with E-state index in [1.807, 2.05) is 0 Å². The van der Waals surface area contributed by atoms with E-state index in [1.165, 1.54) is 0 Å². The minimum absolute atomic E-state index is 0.664. The Kier molecular flexibility index (Phi) is 1.94. The van der Waals surface area contributed by atoms with Crippen molar-refractivity contribution in [2.75, 3.05) is 20.3 Å². The first-order valence-corrected chi connectivity index (χ1v) is 6.49. The molecule has 0 atom stereocenters. The lowest BCUT2D eigenvalue weighted by atomic mass is 9.93. The van der Waals surface area contributed by atoms with Crippen LogP contribution < -0.4 is 14.2 Å². The number of ether oxygens (including phenoxy) is 3. The normalized spacial score (nSPS) is 21.9. The van der Waals surface area contributed by atoms with Crippen molar-refractivity contribution in [3.8, 4) is 17.2 Å². The maximum absolute atomic E-state index is 10.5. The first-order valence-electron chi connectivity index (χ1n) is 6.49. The van der Waals surface area contributed by atoms with Crippen LogP contribution in [0.3, 0.4) is 0 Å². The van der Waals surface area contributed by atoms with Gasteiger partial charge in [-0.15, -0.1) is 0 Å². The summed E-state index contributed by atoms with van der Waals surface area (Å²) < 4.78 is 17.0. The second kappa shape index (κ2) is 3.32. The molecule has 0 amide bonds. The fraction of sp³-hybridized carbons (Fsp3) is 0.571. The topological polar surface area (TPSA) is 47.9 Å². The number of methoxy groups -OCH3 is 1. The Balaban J connectivity index is 2.04. The van der Waals surface area contributed by atoms with Crippen LogP contribution >= 0.6 is 0 Å². The molecule has 1 saturated carbocycles. The van der Waals surface area contributed by atoms with E-state index < -0.39 is 5.60 Å². The largest absolute Gasteiger partial charge is 0.492 e. The second-order valence-electron chi connectivity index (χ2n) is 5.25. The number of benzene rings is 1. The first-order chi connectivity index (χ1) is 8.74. The zero-order valence-electron chi connectivity index (χ0n) is 10.4. The third-order valence-electron chi connectivity index (χ3n) is 4.15. The van der Waals surface area contributed by atoms with Gasteiger partial charge in [-0.3, -0.25) is 0 Å². The first kappa shape index (κ1) is 10.5. The average molecular weight is 248 g/mol. The summed E-state index contributed by atoms with van der Waals surface area (Å²) in [5, 5.41) is 10.5. The SMILES string of the molecule is COc1c2c(c(C3(O)CC3)c3c1OCC3)OCC2. The maximum atomic E-state index is 10.5. The van der Waals surface area contributed by atoms with Gasteiger partial charge in [0.25, 0.3) is 0 Å². The molecule has 0 radical (unpaired) electrons. The molecule has 1 fully saturated rings. The van der Waals surface area contributed by atoms with E-state index in [2.05, 4.69) is 0 Å². The van der Waals surface area contributed by atoms with Gasteiger partial charge in [-0.2, -0.15) is 0 Å². The summed E-state index contributed by atoms with van der Waals surface area (Å²) in [5.74, 6) is 2.50. The van der Waals surface area contributed by atoms with E-state index in [-0.39, 0.29) is 0 Å². The molecular weight excluding hydrogens is 232 g/mol. The van der Waals surface area contributed by atoms with Crippen molar-refractivity contribution in [3.63, 3.8) is 0 Å². The molecule has 2 aliphatic heterocycles. The highest BCUT2D eigenvalue weighted by atomic mass is 16.5. The molecule has 1 aliphatic carbocycles. The third kappa shape index (κ3) is 1.19. The molecule has 2 heterocycles. The predicted molar refractivity (Wildman–Crippen MR) is 64.5 cm³/mol. The molecule has 3 aliphatic rings. The lowest BCUT2D eigenvalue weighted by molar-refractivity contribution is 0.146. The highest BCUT2D eigenvalue weighted by Crippen LogP contribution is 2.58. The molecular formula is C14H16O4. The molecule has 0 unspecified atom stereocenters. The fourth-order valence-corrected chi connectivity index (χ4v) is 3.14. The molecule has 0 saturated heterocycles. The predicted octanol–water partition coefficient (Wildman–Crippen LogP) is 1.55. The molecule has 4 rings (SSSR count). The van der Waals surface area contributed by atoms with Crippen molar-refractivity contribution in [2.45, 2.75) is 31.3 Å². The highest BCUT2D eigenvalue weighted by molar-refractivity contribution is 5.67. The summed E-state index contributed by atoms with van der Waals surface area (Å²) >= 11 is 0. The summed E-state index contributed by atoms with van der Waals surface area (Å²) in [6, 6.07) is 0. The average Bonchev–Trinajstić information content (AvgIpc) is 2.84. The quantitative estimate of drug-likeness (QED) is 0.862. The number of aliphatic hydroxyl groups is 1. The van der Waals surface area contributed by atoms with Gasteiger partial charge in [-0.25, -0.2) is 0 Å². The summed E-state index contributed by atoms with van der Waals surface area (Å²) in [6.45, 7) is 1.33. The van der Waals surface area contributed by atoms with Gasteiger partial charge >= 0.3 is 0 Å². The molecule has 0 aromatic heterocycles. The van der Waals surface area contributed by atoms with Crippen LogP contribution in [0.2, 0.25) is 0 Å². The van der Waals surface area contributed by atoms with E-state index in [0.717, 1.165) is 59.6 Å². The molecule has 1 N–H and O–H groups in total. The van der Waals surface area contributed by atoms with Gasteiger partial charge in [-0.1, -0.05) is 0 Å². The molecule has 1 aromatic carbocycles. The van der Waals surface area contributed by atoms with Crippen molar-refractivity contribution in [3.05, 3.63) is 16.7 Å². The van der Waals surface area contributed by atoms with Crippen LogP contribution in [0, 0.1) is 0 Å². The standard InChI is InChI=1S/C14H16O4/c1-16-12-9-3-7-17-11(9)10(14(15)4-5-14)8-2-6-18-13(8)12/h15H,2-7H2,1H3. The van der Waals surface area contributed by atoms with Crippen LogP contribution in [-0.4, -0.2) is 25.4 Å². The number of hydrogen-bond acceptors (Lipinski definition) is 4. The zero-order chi connectivity index (χ0) is 12.3. The molecule has 0 bridgehead atoms. The van der Waals surface area contributed by atoms with Crippen molar-refractivity contribution in [2.24, 2.45) is 0 Å². The van der Waals surface area contributed by atoms with E-state index >= 15 is 0 Å². The van der Waals surface area contributed by atoms with Crippen LogP contribution in [0.5, 0.6) is 17.2 Å². The minimum atomic E-state index is -0.682. The summed E-state index contributed by atoms with van der Waals surface area (Å²) in [7, 11) is 1.67. The summed E-state index contributed by atoms with van der Waals surface area (Å²) in [5.41, 5.74) is 2.45. The Labute approximate surface area is 105 Å². The second-order valence-corrected chi connectivity index (χ2v) is 5.25. The third-order valence-corrected chi connectivity index (χ3v) is 4.15. The van der Waals surface area contributed by atoms with Crippen LogP contribution in [-0.2, 0) is 18.4 Å². The van der Waals surface area contributed by atoms with Crippen molar-refractivity contribution < 1.29 is 19.3 Å². The van der Waals surface area contributed by atoms with Gasteiger partial charge in [0.15, 0.2) is 11.5 Å². The molecule has 4 nitrogen and oxygen atoms in total. The highest BCUT2D eigenvalue weighted by Gasteiger charge is 2.49. The summed E-state index contributed by atoms with van der Waals surface area (Å²) in [4.78, 5) is 0. The van der Waals surface area contributed by atoms with E-state index in [9.17, 15) is 5.11 Å². The zero-order valence-corrected chi connectivity index (χ0v) is 10.4. The lowest BCUT2D eigenvalue weighted by Crippen LogP contribution is -2.10. The number of fused-ring (bicyclic) bond motifs is 2. The Bertz CT molecular complexity index is 496. The Morgan fingerprint density at radius 1 is 1.06 bits per heavy atom. The molecule has 1 aromatic rings. The number of rotatable bonds is 2. The van der Waals surface area contributed by atoms with Crippen molar-refractivity contribution in [1.82, 2.24) is 0 Å². The molecule has 18 heavy (non-hydrogen) atoms. The van der Waals surface area contributed by atoms with E-state index in [1.54, 1.807) is 7.11 Å². The van der Waals surface area contributed by atoms with Crippen LogP contribution in [0.4, 0.5) is 0 Å². The Hall–Kier alpha value is -1.42. The molecule has 96 valence electrons. The van der Waals surface area contributed by atoms with Crippen LogP contribution in [0.15, 0.2) is 0 Å². The van der Waals surface area contributed by atoms with Crippen molar-refractivity contribution >= 4 is 0 Å². The van der Waals surface area contributed by atoms with E-state index in [4.69, 9.17) is 14.2 Å². The number of hydrogen-bond donors (Lipinski definition) is 1. The maximum Gasteiger partial charge on any atom is 0.168 e. The summed E-state index contributed by atoms with van der Waals surface area (Å²) in [6.07, 6.45) is 3.31. The van der Waals surface area contributed by atoms with Crippen LogP contribution in [0.25, 0.3) is 0 Å². The molecule has 4 heteroatoms. The van der Waals surface area contributed by atoms with Gasteiger partial charge < -0.3 is 19.3 Å². The minimum Gasteiger partial charge on any atom is -0.492 e. The van der Waals surface area contributed by atoms with Gasteiger partial charge in [-0.05, 0) is 12.8 Å². The van der Waals surface area contributed by atoms with Gasteiger partial charge in [0, 0.05) is 29.5 Å². The van der Waals surface area contributed by atoms with Crippen LogP contribution in [0.1, 0.15) is 29.5 Å². The fourth-order valence-electron chi connectivity index (χ4n) is 3.14. The van der Waals surface area contributed by atoms with Gasteiger partial charge in [0.2, 0.25) is 0 Å². The Morgan fingerprint density at radius 3 is 2.39 bits per heavy atom. The Morgan fingerprint density at radius 2 is 1.72 bits per heavy atom. The van der Waals surface area contributed by atoms with E-state index in [0.29, 0.717) is 13.2 Å². The monoisotopic (exact) mass is 248 g/mol.